The van der Waals surface area contributed by atoms with Gasteiger partial charge in [0.25, 0.3) is 0 Å². The normalized spacial score (nSPS) is 26.6. The van der Waals surface area contributed by atoms with Crippen LogP contribution in [0.5, 0.6) is 0 Å². The van der Waals surface area contributed by atoms with Crippen LogP contribution in [0.25, 0.3) is 0 Å². The highest BCUT2D eigenvalue weighted by Crippen LogP contribution is 2.23. The highest BCUT2D eigenvalue weighted by atomic mass is 32.2. The molecule has 0 bridgehead atoms. The zero-order chi connectivity index (χ0) is 11.5. The van der Waals surface area contributed by atoms with E-state index in [1.165, 1.54) is 18.1 Å². The third kappa shape index (κ3) is 4.33. The fourth-order valence-corrected chi connectivity index (χ4v) is 2.90. The minimum Gasteiger partial charge on any atom is -0.393 e. The second-order valence-corrected chi connectivity index (χ2v) is 6.78. The molecule has 1 fully saturated rings. The van der Waals surface area contributed by atoms with Gasteiger partial charge in [-0.25, -0.2) is 0 Å². The van der Waals surface area contributed by atoms with Crippen molar-refractivity contribution in [2.24, 2.45) is 5.41 Å². The molecule has 0 aromatic rings. The van der Waals surface area contributed by atoms with Gasteiger partial charge in [-0.3, -0.25) is 4.90 Å². The maximum atomic E-state index is 9.97. The quantitative estimate of drug-likeness (QED) is 0.805. The van der Waals surface area contributed by atoms with Gasteiger partial charge in [0, 0.05) is 30.6 Å². The minimum atomic E-state index is -0.181. The maximum absolute atomic E-state index is 9.97. The summed E-state index contributed by atoms with van der Waals surface area (Å²) in [5, 5.41) is 9.97. The van der Waals surface area contributed by atoms with Gasteiger partial charge in [0.05, 0.1) is 6.10 Å². The van der Waals surface area contributed by atoms with Crippen molar-refractivity contribution < 1.29 is 5.11 Å². The smallest absolute Gasteiger partial charge is 0.0600 e. The molecule has 90 valence electrons. The molecule has 1 N–H and O–H groups in total. The Morgan fingerprint density at radius 3 is 2.67 bits per heavy atom. The lowest BCUT2D eigenvalue weighted by atomic mass is 9.87. The Morgan fingerprint density at radius 2 is 2.13 bits per heavy atom. The van der Waals surface area contributed by atoms with Crippen LogP contribution in [0.2, 0.25) is 0 Å². The van der Waals surface area contributed by atoms with E-state index in [0.717, 1.165) is 13.0 Å². The minimum absolute atomic E-state index is 0.0216. The maximum Gasteiger partial charge on any atom is 0.0600 e. The lowest BCUT2D eigenvalue weighted by Crippen LogP contribution is -2.42. The molecule has 1 saturated heterocycles. The van der Waals surface area contributed by atoms with Crippen molar-refractivity contribution in [3.05, 3.63) is 0 Å². The van der Waals surface area contributed by atoms with Crippen molar-refractivity contribution in [2.75, 3.05) is 24.6 Å². The van der Waals surface area contributed by atoms with Crippen LogP contribution in [-0.2, 0) is 0 Å². The monoisotopic (exact) mass is 231 g/mol. The van der Waals surface area contributed by atoms with Crippen molar-refractivity contribution in [3.63, 3.8) is 0 Å². The molecular weight excluding hydrogens is 206 g/mol. The van der Waals surface area contributed by atoms with Crippen LogP contribution in [0.3, 0.4) is 0 Å². The number of rotatable bonds is 3. The van der Waals surface area contributed by atoms with Gasteiger partial charge in [-0.1, -0.05) is 20.8 Å². The Hall–Kier alpha value is 0.270. The molecule has 1 heterocycles. The SMILES string of the molecule is CC1CSCCN1CCC(O)C(C)(C)C. The van der Waals surface area contributed by atoms with E-state index in [1.807, 2.05) is 11.8 Å². The Kier molecular flexibility index (Phi) is 4.94. The van der Waals surface area contributed by atoms with Crippen LogP contribution in [0.15, 0.2) is 0 Å². The van der Waals surface area contributed by atoms with E-state index in [2.05, 4.69) is 32.6 Å². The van der Waals surface area contributed by atoms with Crippen LogP contribution < -0.4 is 0 Å². The second-order valence-electron chi connectivity index (χ2n) is 5.63. The van der Waals surface area contributed by atoms with Crippen LogP contribution in [-0.4, -0.2) is 46.7 Å². The molecule has 2 unspecified atom stereocenters. The molecule has 2 atom stereocenters. The number of hydrogen-bond acceptors (Lipinski definition) is 3. The van der Waals surface area contributed by atoms with E-state index < -0.39 is 0 Å². The average Bonchev–Trinajstić information content (AvgIpc) is 2.14. The summed E-state index contributed by atoms with van der Waals surface area (Å²) < 4.78 is 0. The summed E-state index contributed by atoms with van der Waals surface area (Å²) in [7, 11) is 0. The summed E-state index contributed by atoms with van der Waals surface area (Å²) in [6, 6.07) is 0.677. The summed E-state index contributed by atoms with van der Waals surface area (Å²) >= 11 is 2.04. The Morgan fingerprint density at radius 1 is 1.47 bits per heavy atom. The molecule has 0 radical (unpaired) electrons. The van der Waals surface area contributed by atoms with E-state index in [-0.39, 0.29) is 11.5 Å². The van der Waals surface area contributed by atoms with Crippen LogP contribution >= 0.6 is 11.8 Å². The summed E-state index contributed by atoms with van der Waals surface area (Å²) in [6.07, 6.45) is 0.720. The standard InChI is InChI=1S/C12H25NOS/c1-10-9-15-8-7-13(10)6-5-11(14)12(2,3)4/h10-11,14H,5-9H2,1-4H3. The predicted octanol–water partition coefficient (Wildman–Crippen LogP) is 2.22. The lowest BCUT2D eigenvalue weighted by Gasteiger charge is -2.35. The molecule has 3 heteroatoms. The van der Waals surface area contributed by atoms with Crippen molar-refractivity contribution in [2.45, 2.75) is 46.3 Å². The van der Waals surface area contributed by atoms with Gasteiger partial charge < -0.3 is 5.11 Å². The van der Waals surface area contributed by atoms with E-state index in [0.29, 0.717) is 6.04 Å². The fourth-order valence-electron chi connectivity index (χ4n) is 1.81. The van der Waals surface area contributed by atoms with E-state index in [1.54, 1.807) is 0 Å². The molecule has 0 aromatic carbocycles. The average molecular weight is 231 g/mol. The topological polar surface area (TPSA) is 23.5 Å². The van der Waals surface area contributed by atoms with Gasteiger partial charge in [0.1, 0.15) is 0 Å². The van der Waals surface area contributed by atoms with Gasteiger partial charge in [0.15, 0.2) is 0 Å². The molecule has 0 aliphatic carbocycles. The first kappa shape index (κ1) is 13.3. The molecule has 0 aromatic heterocycles. The zero-order valence-corrected chi connectivity index (χ0v) is 11.3. The van der Waals surface area contributed by atoms with E-state index in [4.69, 9.17) is 0 Å². The largest absolute Gasteiger partial charge is 0.393 e. The molecule has 1 aliphatic heterocycles. The van der Waals surface area contributed by atoms with Crippen molar-refractivity contribution in [3.8, 4) is 0 Å². The van der Waals surface area contributed by atoms with Gasteiger partial charge >= 0.3 is 0 Å². The number of thioether (sulfide) groups is 1. The molecule has 2 nitrogen and oxygen atoms in total. The molecule has 0 amide bonds. The van der Waals surface area contributed by atoms with E-state index >= 15 is 0 Å². The highest BCUT2D eigenvalue weighted by molar-refractivity contribution is 7.99. The fraction of sp³-hybridized carbons (Fsp3) is 1.00. The van der Waals surface area contributed by atoms with E-state index in [9.17, 15) is 5.11 Å². The summed E-state index contributed by atoms with van der Waals surface area (Å²) in [5.41, 5.74) is 0.0216. The Balaban J connectivity index is 2.29. The highest BCUT2D eigenvalue weighted by Gasteiger charge is 2.24. The number of aliphatic hydroxyl groups is 1. The molecule has 1 rings (SSSR count). The second kappa shape index (κ2) is 5.55. The van der Waals surface area contributed by atoms with Crippen LogP contribution in [0, 0.1) is 5.41 Å². The summed E-state index contributed by atoms with van der Waals surface area (Å²) in [6.45, 7) is 10.8. The van der Waals surface area contributed by atoms with Crippen molar-refractivity contribution in [1.82, 2.24) is 4.90 Å². The molecule has 1 aliphatic rings. The van der Waals surface area contributed by atoms with Gasteiger partial charge in [-0.2, -0.15) is 11.8 Å². The summed E-state index contributed by atoms with van der Waals surface area (Å²) in [4.78, 5) is 2.51. The van der Waals surface area contributed by atoms with Crippen molar-refractivity contribution >= 4 is 11.8 Å². The Labute approximate surface area is 98.4 Å². The van der Waals surface area contributed by atoms with Crippen LogP contribution in [0.4, 0.5) is 0 Å². The Bertz CT molecular complexity index is 191. The number of aliphatic hydroxyl groups excluding tert-OH is 1. The number of hydrogen-bond donors (Lipinski definition) is 1. The third-order valence-corrected chi connectivity index (χ3v) is 4.38. The third-order valence-electron chi connectivity index (χ3n) is 3.19. The molecule has 0 saturated carbocycles. The van der Waals surface area contributed by atoms with Crippen molar-refractivity contribution in [1.29, 1.82) is 0 Å². The lowest BCUT2D eigenvalue weighted by molar-refractivity contribution is 0.0429. The first-order valence-corrected chi connectivity index (χ1v) is 7.06. The predicted molar refractivity (Wildman–Crippen MR) is 68.4 cm³/mol. The first-order chi connectivity index (χ1) is 6.91. The molecule has 0 spiro atoms. The molecule has 15 heavy (non-hydrogen) atoms. The van der Waals surface area contributed by atoms with Gasteiger partial charge in [-0.15, -0.1) is 0 Å². The summed E-state index contributed by atoms with van der Waals surface area (Å²) in [5.74, 6) is 2.49. The zero-order valence-electron chi connectivity index (χ0n) is 10.5. The first-order valence-electron chi connectivity index (χ1n) is 5.91. The van der Waals surface area contributed by atoms with Gasteiger partial charge in [0.2, 0.25) is 0 Å². The van der Waals surface area contributed by atoms with Crippen LogP contribution in [0.1, 0.15) is 34.1 Å². The molecular formula is C12H25NOS. The number of nitrogens with zero attached hydrogens (tertiary/aromatic N) is 1. The van der Waals surface area contributed by atoms with Gasteiger partial charge in [-0.05, 0) is 18.8 Å².